The van der Waals surface area contributed by atoms with Gasteiger partial charge in [0.1, 0.15) is 11.6 Å². The summed E-state index contributed by atoms with van der Waals surface area (Å²) in [6.45, 7) is 2.33. The van der Waals surface area contributed by atoms with Gasteiger partial charge in [-0.3, -0.25) is 9.59 Å². The number of nitrogens with one attached hydrogen (secondary N) is 2. The number of halogens is 3. The molecule has 1 unspecified atom stereocenters. The van der Waals surface area contributed by atoms with E-state index in [0.29, 0.717) is 11.6 Å². The molecule has 5 rings (SSSR count). The van der Waals surface area contributed by atoms with E-state index in [1.54, 1.807) is 0 Å². The van der Waals surface area contributed by atoms with Gasteiger partial charge in [-0.25, -0.2) is 4.39 Å². The molecule has 2 N–H and O–H groups in total. The number of rotatable bonds is 7. The van der Waals surface area contributed by atoms with Crippen LogP contribution in [0.5, 0.6) is 5.75 Å². The number of ether oxygens (including phenoxy) is 1. The van der Waals surface area contributed by atoms with Gasteiger partial charge in [0.05, 0.1) is 10.4 Å². The van der Waals surface area contributed by atoms with Gasteiger partial charge in [0.25, 0.3) is 5.91 Å². The standard InChI is InChI=1S/C25H27Cl2FN2O3/c1-16-13-24(30-22(31)15-33-19-5-6-20(27)21(28)12-19)7-9-25(16,10-8-24)23(32)29-14-17-3-2-4-18(26)11-17/h2-6,11-12,16H,7-10,13-15H2,1H3,(H,29,32)(H,30,31). The summed E-state index contributed by atoms with van der Waals surface area (Å²) in [4.78, 5) is 25.8. The first-order valence-corrected chi connectivity index (χ1v) is 11.9. The van der Waals surface area contributed by atoms with Crippen molar-refractivity contribution in [2.45, 2.75) is 51.1 Å². The predicted molar refractivity (Wildman–Crippen MR) is 126 cm³/mol. The average Bonchev–Trinajstić information content (AvgIpc) is 2.79. The highest BCUT2D eigenvalue weighted by atomic mass is 35.5. The van der Waals surface area contributed by atoms with Crippen molar-refractivity contribution < 1.29 is 18.7 Å². The van der Waals surface area contributed by atoms with Crippen LogP contribution in [0.25, 0.3) is 0 Å². The maximum absolute atomic E-state index is 13.6. The third kappa shape index (κ3) is 5.12. The summed E-state index contributed by atoms with van der Waals surface area (Å²) >= 11 is 11.7. The lowest BCUT2D eigenvalue weighted by atomic mass is 9.52. The SMILES string of the molecule is CC1CC2(NC(=O)COc3ccc(Cl)c(F)c3)CCC1(C(=O)NCc1cccc(Cl)c1)CC2. The molecule has 1 atom stereocenters. The van der Waals surface area contributed by atoms with Crippen molar-refractivity contribution in [3.8, 4) is 5.75 Å². The van der Waals surface area contributed by atoms with Crippen LogP contribution in [0.15, 0.2) is 42.5 Å². The first-order valence-electron chi connectivity index (χ1n) is 11.1. The predicted octanol–water partition coefficient (Wildman–Crippen LogP) is 5.28. The monoisotopic (exact) mass is 492 g/mol. The van der Waals surface area contributed by atoms with Gasteiger partial charge in [0.2, 0.25) is 5.91 Å². The van der Waals surface area contributed by atoms with Crippen LogP contribution in [-0.4, -0.2) is 24.0 Å². The zero-order chi connectivity index (χ0) is 23.6. The van der Waals surface area contributed by atoms with Crippen LogP contribution >= 0.6 is 23.2 Å². The minimum atomic E-state index is -0.591. The number of hydrogen-bond donors (Lipinski definition) is 2. The summed E-state index contributed by atoms with van der Waals surface area (Å²) in [7, 11) is 0. The van der Waals surface area contributed by atoms with E-state index in [9.17, 15) is 14.0 Å². The van der Waals surface area contributed by atoms with Gasteiger partial charge in [-0.1, -0.05) is 42.3 Å². The van der Waals surface area contributed by atoms with Gasteiger partial charge in [0, 0.05) is 23.2 Å². The van der Waals surface area contributed by atoms with E-state index in [0.717, 1.165) is 43.7 Å². The van der Waals surface area contributed by atoms with E-state index >= 15 is 0 Å². The highest BCUT2D eigenvalue weighted by molar-refractivity contribution is 6.31. The number of hydrogen-bond acceptors (Lipinski definition) is 3. The average molecular weight is 493 g/mol. The summed E-state index contributed by atoms with van der Waals surface area (Å²) in [6, 6.07) is 11.6. The molecular formula is C25H27Cl2FN2O3. The third-order valence-corrected chi connectivity index (χ3v) is 7.74. The highest BCUT2D eigenvalue weighted by Crippen LogP contribution is 2.55. The normalized spacial score (nSPS) is 26.0. The second-order valence-electron chi connectivity index (χ2n) is 9.27. The van der Waals surface area contributed by atoms with Crippen molar-refractivity contribution in [1.29, 1.82) is 0 Å². The lowest BCUT2D eigenvalue weighted by molar-refractivity contribution is -0.146. The molecule has 0 heterocycles. The van der Waals surface area contributed by atoms with Crippen LogP contribution < -0.4 is 15.4 Å². The van der Waals surface area contributed by atoms with Crippen molar-refractivity contribution in [2.75, 3.05) is 6.61 Å². The minimum absolute atomic E-state index is 0.00387. The second kappa shape index (κ2) is 9.51. The quantitative estimate of drug-likeness (QED) is 0.552. The minimum Gasteiger partial charge on any atom is -0.484 e. The Kier molecular flexibility index (Phi) is 6.87. The Morgan fingerprint density at radius 3 is 2.55 bits per heavy atom. The molecule has 33 heavy (non-hydrogen) atoms. The Morgan fingerprint density at radius 2 is 1.88 bits per heavy atom. The van der Waals surface area contributed by atoms with Crippen LogP contribution in [0.3, 0.4) is 0 Å². The van der Waals surface area contributed by atoms with Gasteiger partial charge >= 0.3 is 0 Å². The topological polar surface area (TPSA) is 67.4 Å². The Morgan fingerprint density at radius 1 is 1.12 bits per heavy atom. The molecule has 2 aromatic rings. The smallest absolute Gasteiger partial charge is 0.258 e. The number of benzene rings is 2. The number of fused-ring (bicyclic) bond motifs is 3. The molecule has 0 radical (unpaired) electrons. The molecule has 176 valence electrons. The van der Waals surface area contributed by atoms with Crippen molar-refractivity contribution in [3.05, 3.63) is 63.9 Å². The molecule has 3 fully saturated rings. The summed E-state index contributed by atoms with van der Waals surface area (Å²) in [5, 5.41) is 6.89. The summed E-state index contributed by atoms with van der Waals surface area (Å²) in [6.07, 6.45) is 3.66. The molecule has 3 aliphatic carbocycles. The fourth-order valence-corrected chi connectivity index (χ4v) is 5.66. The molecule has 3 saturated carbocycles. The molecular weight excluding hydrogens is 466 g/mol. The molecule has 8 heteroatoms. The second-order valence-corrected chi connectivity index (χ2v) is 10.1. The third-order valence-electron chi connectivity index (χ3n) is 7.20. The molecule has 0 aromatic heterocycles. The lowest BCUT2D eigenvalue weighted by Gasteiger charge is -2.56. The molecule has 3 aliphatic rings. The number of amides is 2. The van der Waals surface area contributed by atoms with Gasteiger partial charge in [0.15, 0.2) is 6.61 Å². The number of carbonyl (C=O) groups excluding carboxylic acids is 2. The zero-order valence-corrected chi connectivity index (χ0v) is 19.9. The van der Waals surface area contributed by atoms with Crippen LogP contribution in [-0.2, 0) is 16.1 Å². The van der Waals surface area contributed by atoms with Crippen molar-refractivity contribution >= 4 is 35.0 Å². The fraction of sp³-hybridized carbons (Fsp3) is 0.440. The molecule has 2 amide bonds. The van der Waals surface area contributed by atoms with Crippen LogP contribution in [0, 0.1) is 17.2 Å². The summed E-state index contributed by atoms with van der Waals surface area (Å²) in [5.74, 6) is -0.391. The Balaban J connectivity index is 1.32. The van der Waals surface area contributed by atoms with Crippen LogP contribution in [0.4, 0.5) is 4.39 Å². The van der Waals surface area contributed by atoms with Crippen molar-refractivity contribution in [1.82, 2.24) is 10.6 Å². The van der Waals surface area contributed by atoms with Crippen LogP contribution in [0.2, 0.25) is 10.0 Å². The first-order chi connectivity index (χ1) is 15.7. The largest absolute Gasteiger partial charge is 0.484 e. The van der Waals surface area contributed by atoms with E-state index in [2.05, 4.69) is 17.6 Å². The molecule has 5 nitrogen and oxygen atoms in total. The summed E-state index contributed by atoms with van der Waals surface area (Å²) in [5.41, 5.74) is 0.219. The first kappa shape index (κ1) is 23.8. The van der Waals surface area contributed by atoms with Crippen molar-refractivity contribution in [3.63, 3.8) is 0 Å². The van der Waals surface area contributed by atoms with E-state index in [1.165, 1.54) is 12.1 Å². The Labute approximate surface area is 203 Å². The summed E-state index contributed by atoms with van der Waals surface area (Å²) < 4.78 is 19.0. The van der Waals surface area contributed by atoms with E-state index in [4.69, 9.17) is 27.9 Å². The van der Waals surface area contributed by atoms with E-state index in [1.807, 2.05) is 24.3 Å². The fourth-order valence-electron chi connectivity index (χ4n) is 5.33. The van der Waals surface area contributed by atoms with E-state index in [-0.39, 0.29) is 40.7 Å². The lowest BCUT2D eigenvalue weighted by Crippen LogP contribution is -2.63. The number of carbonyl (C=O) groups is 2. The van der Waals surface area contributed by atoms with Gasteiger partial charge < -0.3 is 15.4 Å². The van der Waals surface area contributed by atoms with E-state index < -0.39 is 11.2 Å². The molecule has 0 saturated heterocycles. The molecule has 2 aromatic carbocycles. The molecule has 2 bridgehead atoms. The van der Waals surface area contributed by atoms with Gasteiger partial charge in [-0.2, -0.15) is 0 Å². The molecule has 0 aliphatic heterocycles. The van der Waals surface area contributed by atoms with Crippen LogP contribution in [0.1, 0.15) is 44.6 Å². The highest BCUT2D eigenvalue weighted by Gasteiger charge is 2.56. The van der Waals surface area contributed by atoms with Gasteiger partial charge in [-0.15, -0.1) is 0 Å². The maximum atomic E-state index is 13.6. The van der Waals surface area contributed by atoms with Crippen molar-refractivity contribution in [2.24, 2.45) is 11.3 Å². The van der Waals surface area contributed by atoms with Gasteiger partial charge in [-0.05, 0) is 67.9 Å². The Hall–Kier alpha value is -2.31. The Bertz CT molecular complexity index is 1050. The zero-order valence-electron chi connectivity index (χ0n) is 18.4. The molecule has 0 spiro atoms. The maximum Gasteiger partial charge on any atom is 0.258 e.